The molecule has 0 aliphatic carbocycles. The Morgan fingerprint density at radius 3 is 0.727 bits per heavy atom. The van der Waals surface area contributed by atoms with E-state index >= 15 is 0 Å². The Morgan fingerprint density at radius 1 is 0.260 bits per heavy atom. The fourth-order valence-corrected chi connectivity index (χ4v) is 8.24. The van der Waals surface area contributed by atoms with Crippen LogP contribution in [0, 0.1) is 0 Å². The van der Waals surface area contributed by atoms with Gasteiger partial charge in [-0.3, -0.25) is 14.4 Å². The summed E-state index contributed by atoms with van der Waals surface area (Å²) in [7, 11) is 0. The third kappa shape index (κ3) is 62.0. The summed E-state index contributed by atoms with van der Waals surface area (Å²) in [5.41, 5.74) is 0. The minimum absolute atomic E-state index is 0.0982. The van der Waals surface area contributed by atoms with Gasteiger partial charge in [0.25, 0.3) is 0 Å². The van der Waals surface area contributed by atoms with Crippen LogP contribution in [-0.2, 0) is 28.6 Å². The number of ether oxygens (including phenoxy) is 3. The Kier molecular flexibility index (Phi) is 59.9. The smallest absolute Gasteiger partial charge is 0.306 e. The second kappa shape index (κ2) is 63.8. The molecule has 0 saturated heterocycles. The summed E-state index contributed by atoms with van der Waals surface area (Å²) < 4.78 is 16.9. The van der Waals surface area contributed by atoms with Gasteiger partial charge in [0, 0.05) is 19.3 Å². The van der Waals surface area contributed by atoms with E-state index < -0.39 is 6.10 Å². The molecule has 0 rings (SSSR count). The lowest BCUT2D eigenvalue weighted by Gasteiger charge is -2.18. The number of carbonyl (C=O) groups excluding carboxylic acids is 3. The summed E-state index contributed by atoms with van der Waals surface area (Å²) in [6.45, 7) is 6.27. The normalized spacial score (nSPS) is 13.1. The quantitative estimate of drug-likeness (QED) is 0.0261. The molecule has 1 atom stereocenters. The molecule has 0 saturated carbocycles. The molecule has 0 N–H and O–H groups in total. The molecule has 0 aromatic rings. The fourth-order valence-electron chi connectivity index (χ4n) is 8.24. The van der Waals surface area contributed by atoms with E-state index in [-0.39, 0.29) is 31.1 Å². The van der Waals surface area contributed by atoms with Gasteiger partial charge in [-0.05, 0) is 135 Å². The largest absolute Gasteiger partial charge is 0.462 e. The van der Waals surface area contributed by atoms with Crippen LogP contribution >= 0.6 is 0 Å². The van der Waals surface area contributed by atoms with E-state index in [2.05, 4.69) is 167 Å². The summed E-state index contributed by atoms with van der Waals surface area (Å²) in [4.78, 5) is 38.3. The van der Waals surface area contributed by atoms with Crippen molar-refractivity contribution in [1.29, 1.82) is 0 Å². The van der Waals surface area contributed by atoms with Gasteiger partial charge in [0.1, 0.15) is 13.2 Å². The molecule has 0 aromatic carbocycles. The van der Waals surface area contributed by atoms with Crippen LogP contribution in [-0.4, -0.2) is 37.2 Å². The van der Waals surface area contributed by atoms with Crippen LogP contribution in [0.25, 0.3) is 0 Å². The highest BCUT2D eigenvalue weighted by Crippen LogP contribution is 2.15. The zero-order valence-corrected chi connectivity index (χ0v) is 49.7. The Balaban J connectivity index is 4.45. The monoisotopic (exact) mass is 1060 g/mol. The highest BCUT2D eigenvalue weighted by Gasteiger charge is 2.19. The molecule has 0 aliphatic heterocycles. The fraction of sp³-hybridized carbons (Fsp3) is 0.620. The van der Waals surface area contributed by atoms with Gasteiger partial charge in [-0.2, -0.15) is 0 Å². The summed E-state index contributed by atoms with van der Waals surface area (Å²) in [6.07, 6.45) is 91.2. The topological polar surface area (TPSA) is 78.9 Å². The third-order valence-electron chi connectivity index (χ3n) is 12.8. The van der Waals surface area contributed by atoms with Crippen LogP contribution in [0.4, 0.5) is 0 Å². The molecule has 0 aromatic heterocycles. The number of carbonyl (C=O) groups is 3. The average molecular weight is 1060 g/mol. The van der Waals surface area contributed by atoms with E-state index in [1.807, 2.05) is 0 Å². The first-order valence-electron chi connectivity index (χ1n) is 31.3. The Bertz CT molecular complexity index is 1700. The lowest BCUT2D eigenvalue weighted by Crippen LogP contribution is -2.30. The van der Waals surface area contributed by atoms with Gasteiger partial charge in [0.05, 0.1) is 0 Å². The maximum atomic E-state index is 12.9. The van der Waals surface area contributed by atoms with Gasteiger partial charge < -0.3 is 14.2 Å². The number of hydrogen-bond acceptors (Lipinski definition) is 6. The molecule has 0 fully saturated rings. The van der Waals surface area contributed by atoms with E-state index in [1.54, 1.807) is 0 Å². The molecule has 0 heterocycles. The molecule has 0 aliphatic rings. The maximum absolute atomic E-state index is 12.9. The molecular weight excluding hydrogens is 949 g/mol. The minimum Gasteiger partial charge on any atom is -0.462 e. The van der Waals surface area contributed by atoms with E-state index in [4.69, 9.17) is 14.2 Å². The molecular formula is C71H114O6. The van der Waals surface area contributed by atoms with Crippen molar-refractivity contribution < 1.29 is 28.6 Å². The van der Waals surface area contributed by atoms with Crippen LogP contribution in [0.5, 0.6) is 0 Å². The molecule has 6 nitrogen and oxygen atoms in total. The van der Waals surface area contributed by atoms with Gasteiger partial charge in [-0.15, -0.1) is 0 Å². The zero-order chi connectivity index (χ0) is 55.7. The lowest BCUT2D eigenvalue weighted by molar-refractivity contribution is -0.167. The van der Waals surface area contributed by atoms with Gasteiger partial charge in [0.15, 0.2) is 6.10 Å². The molecule has 0 spiro atoms. The van der Waals surface area contributed by atoms with Crippen LogP contribution in [0.15, 0.2) is 146 Å². The van der Waals surface area contributed by atoms with Crippen molar-refractivity contribution in [3.05, 3.63) is 146 Å². The van der Waals surface area contributed by atoms with E-state index in [0.717, 1.165) is 167 Å². The average Bonchev–Trinajstić information content (AvgIpc) is 3.43. The second-order valence-electron chi connectivity index (χ2n) is 20.2. The number of allylic oxidation sites excluding steroid dienone is 24. The Hall–Kier alpha value is -4.71. The van der Waals surface area contributed by atoms with Crippen molar-refractivity contribution in [2.24, 2.45) is 0 Å². The first-order chi connectivity index (χ1) is 38.0. The highest BCUT2D eigenvalue weighted by atomic mass is 16.6. The second-order valence-corrected chi connectivity index (χ2v) is 20.2. The van der Waals surface area contributed by atoms with Crippen molar-refractivity contribution >= 4 is 17.9 Å². The zero-order valence-electron chi connectivity index (χ0n) is 49.7. The Morgan fingerprint density at radius 2 is 0.468 bits per heavy atom. The minimum atomic E-state index is -0.803. The first kappa shape index (κ1) is 72.3. The van der Waals surface area contributed by atoms with Crippen molar-refractivity contribution in [3.8, 4) is 0 Å². The molecule has 0 radical (unpaired) electrons. The molecule has 0 bridgehead atoms. The molecule has 6 heteroatoms. The summed E-state index contributed by atoms with van der Waals surface area (Å²) >= 11 is 0. The predicted molar refractivity (Wildman–Crippen MR) is 334 cm³/mol. The molecule has 77 heavy (non-hydrogen) atoms. The van der Waals surface area contributed by atoms with Crippen LogP contribution in [0.2, 0.25) is 0 Å². The molecule has 0 amide bonds. The Labute approximate surface area is 474 Å². The highest BCUT2D eigenvalue weighted by molar-refractivity contribution is 5.71. The standard InChI is InChI=1S/C71H114O6/c1-4-7-10-13-16-19-22-25-28-30-32-34-35-37-38-40-43-46-49-52-55-58-61-64-70(73)76-67-68(66-75-69(72)63-60-57-54-51-48-45-42-27-24-21-18-15-12-9-6-3)77-71(74)65-62-59-56-53-50-47-44-41-39-36-33-31-29-26-23-20-17-14-11-8-5-2/h7-12,16-21,25-29,32-34,36-38,42,68H,4-6,13-15,22-24,30-31,35,39-41,43-67H2,1-3H3/b10-7-,11-8-,12-9-,19-16-,20-17-,21-18-,28-25-,29-26-,34-32-,36-33-,38-37-,42-27-. The number of hydrogen-bond donors (Lipinski definition) is 0. The van der Waals surface area contributed by atoms with Gasteiger partial charge in [-0.1, -0.05) is 256 Å². The van der Waals surface area contributed by atoms with Gasteiger partial charge in [-0.25, -0.2) is 0 Å². The summed E-state index contributed by atoms with van der Waals surface area (Å²) in [6, 6.07) is 0. The lowest BCUT2D eigenvalue weighted by atomic mass is 10.1. The third-order valence-corrected chi connectivity index (χ3v) is 12.8. The number of rotatable bonds is 55. The van der Waals surface area contributed by atoms with Gasteiger partial charge in [0.2, 0.25) is 0 Å². The van der Waals surface area contributed by atoms with Gasteiger partial charge >= 0.3 is 17.9 Å². The van der Waals surface area contributed by atoms with Crippen LogP contribution < -0.4 is 0 Å². The molecule has 1 unspecified atom stereocenters. The van der Waals surface area contributed by atoms with Crippen molar-refractivity contribution in [3.63, 3.8) is 0 Å². The SMILES string of the molecule is CC/C=C\C/C=C\C/C=C\C/C=C\C/C=C\CCCCCCCCCC(=O)OCC(COC(=O)CCCCCCC/C=C\C/C=C\C/C=C\CC)OC(=O)CCCCCCCCCC/C=C\C/C=C\C/C=C\C/C=C\CC. The summed E-state index contributed by atoms with van der Waals surface area (Å²) in [5, 5.41) is 0. The van der Waals surface area contributed by atoms with Crippen LogP contribution in [0.3, 0.4) is 0 Å². The summed E-state index contributed by atoms with van der Waals surface area (Å²) in [5.74, 6) is -0.934. The predicted octanol–water partition coefficient (Wildman–Crippen LogP) is 21.5. The van der Waals surface area contributed by atoms with E-state index in [1.165, 1.54) is 57.8 Å². The maximum Gasteiger partial charge on any atom is 0.306 e. The van der Waals surface area contributed by atoms with Crippen LogP contribution in [0.1, 0.15) is 265 Å². The van der Waals surface area contributed by atoms with E-state index in [9.17, 15) is 14.4 Å². The number of esters is 3. The van der Waals surface area contributed by atoms with Crippen molar-refractivity contribution in [1.82, 2.24) is 0 Å². The van der Waals surface area contributed by atoms with Crippen molar-refractivity contribution in [2.75, 3.05) is 13.2 Å². The number of unbranched alkanes of at least 4 members (excludes halogenated alkanes) is 20. The van der Waals surface area contributed by atoms with Crippen molar-refractivity contribution in [2.45, 2.75) is 271 Å². The van der Waals surface area contributed by atoms with E-state index in [0.29, 0.717) is 19.3 Å². The molecule has 434 valence electrons. The first-order valence-corrected chi connectivity index (χ1v) is 31.3.